The summed E-state index contributed by atoms with van der Waals surface area (Å²) in [6.07, 6.45) is 1.25. The normalized spacial score (nSPS) is 24.2. The first kappa shape index (κ1) is 19.2. The molecule has 29 heavy (non-hydrogen) atoms. The molecule has 1 aromatic heterocycles. The minimum atomic E-state index is -0.848. The molecule has 1 aliphatic heterocycles. The van der Waals surface area contributed by atoms with Gasteiger partial charge in [-0.1, -0.05) is 12.1 Å². The number of benzene rings is 1. The number of hydrogen-bond donors (Lipinski definition) is 1. The predicted octanol–water partition coefficient (Wildman–Crippen LogP) is 2.80. The molecule has 1 saturated carbocycles. The number of nitrogens with one attached hydrogen (secondary N) is 1. The third kappa shape index (κ3) is 3.77. The van der Waals surface area contributed by atoms with Gasteiger partial charge in [-0.25, -0.2) is 9.37 Å². The zero-order chi connectivity index (χ0) is 20.6. The number of hydrogen-bond acceptors (Lipinski definition) is 4. The lowest BCUT2D eigenvalue weighted by Gasteiger charge is -2.36. The zero-order valence-corrected chi connectivity index (χ0v) is 16.2. The molecule has 150 valence electrons. The molecule has 2 aromatic rings. The van der Waals surface area contributed by atoms with Gasteiger partial charge in [-0.15, -0.1) is 0 Å². The van der Waals surface area contributed by atoms with Crippen molar-refractivity contribution >= 4 is 23.3 Å². The summed E-state index contributed by atoms with van der Waals surface area (Å²) in [5.74, 6) is -0.986. The van der Waals surface area contributed by atoms with Crippen LogP contribution in [0, 0.1) is 18.2 Å². The van der Waals surface area contributed by atoms with E-state index in [0.717, 1.165) is 5.69 Å². The second-order valence-electron chi connectivity index (χ2n) is 7.93. The Morgan fingerprint density at radius 2 is 2.03 bits per heavy atom. The van der Waals surface area contributed by atoms with E-state index in [1.54, 1.807) is 42.2 Å². The molecule has 7 heteroatoms. The molecule has 2 atom stereocenters. The highest BCUT2D eigenvalue weighted by atomic mass is 19.1. The van der Waals surface area contributed by atoms with E-state index in [2.05, 4.69) is 10.3 Å². The Balaban J connectivity index is 1.52. The Morgan fingerprint density at radius 1 is 1.24 bits per heavy atom. The molecule has 2 aliphatic rings. The highest BCUT2D eigenvalue weighted by Gasteiger charge is 2.52. The zero-order valence-electron chi connectivity index (χ0n) is 16.2. The summed E-state index contributed by atoms with van der Waals surface area (Å²) in [5.41, 5.74) is 0.663. The largest absolute Gasteiger partial charge is 0.347 e. The van der Waals surface area contributed by atoms with Crippen LogP contribution in [0.1, 0.15) is 41.9 Å². The van der Waals surface area contributed by atoms with Crippen LogP contribution in [0.15, 0.2) is 42.5 Å². The summed E-state index contributed by atoms with van der Waals surface area (Å²) in [7, 11) is 0. The summed E-state index contributed by atoms with van der Waals surface area (Å²) in [4.78, 5) is 44.0. The van der Waals surface area contributed by atoms with Gasteiger partial charge in [-0.2, -0.15) is 0 Å². The number of aryl methyl sites for hydroxylation is 1. The maximum Gasteiger partial charge on any atom is 0.270 e. The Labute approximate surface area is 168 Å². The van der Waals surface area contributed by atoms with Gasteiger partial charge in [-0.3, -0.25) is 14.4 Å². The smallest absolute Gasteiger partial charge is 0.270 e. The number of carbonyl (C=O) groups excluding carboxylic acids is 3. The van der Waals surface area contributed by atoms with Gasteiger partial charge in [0.15, 0.2) is 0 Å². The van der Waals surface area contributed by atoms with Crippen molar-refractivity contribution in [3.63, 3.8) is 0 Å². The van der Waals surface area contributed by atoms with Crippen LogP contribution in [0.3, 0.4) is 0 Å². The van der Waals surface area contributed by atoms with E-state index in [1.165, 1.54) is 12.1 Å². The summed E-state index contributed by atoms with van der Waals surface area (Å²) in [6, 6.07) is 10.6. The number of ketones is 1. The van der Waals surface area contributed by atoms with Gasteiger partial charge < -0.3 is 10.2 Å². The summed E-state index contributed by atoms with van der Waals surface area (Å²) >= 11 is 0. The quantitative estimate of drug-likeness (QED) is 0.867. The van der Waals surface area contributed by atoms with Crippen LogP contribution in [-0.4, -0.2) is 35.2 Å². The average Bonchev–Trinajstić information content (AvgIpc) is 2.96. The number of carbonyl (C=O) groups is 3. The van der Waals surface area contributed by atoms with Gasteiger partial charge in [0.25, 0.3) is 5.91 Å². The van der Waals surface area contributed by atoms with E-state index in [4.69, 9.17) is 0 Å². The number of Topliss-reactive ketones (excluding diaryl/α,β-unsaturated/α-hetero) is 1. The fourth-order valence-corrected chi connectivity index (χ4v) is 4.44. The van der Waals surface area contributed by atoms with Crippen LogP contribution in [0.5, 0.6) is 0 Å². The molecule has 4 rings (SSSR count). The van der Waals surface area contributed by atoms with E-state index in [9.17, 15) is 18.8 Å². The number of aromatic nitrogens is 1. The lowest BCUT2D eigenvalue weighted by molar-refractivity contribution is -0.135. The first-order chi connectivity index (χ1) is 13.9. The van der Waals surface area contributed by atoms with Gasteiger partial charge in [0.2, 0.25) is 5.91 Å². The molecule has 2 heterocycles. The van der Waals surface area contributed by atoms with Crippen molar-refractivity contribution in [2.75, 3.05) is 11.4 Å². The van der Waals surface area contributed by atoms with Crippen molar-refractivity contribution in [1.29, 1.82) is 0 Å². The molecule has 1 saturated heterocycles. The highest BCUT2D eigenvalue weighted by Crippen LogP contribution is 2.45. The van der Waals surface area contributed by atoms with Gasteiger partial charge in [0, 0.05) is 36.8 Å². The number of amides is 2. The lowest BCUT2D eigenvalue weighted by atomic mass is 9.70. The molecule has 1 aliphatic carbocycles. The van der Waals surface area contributed by atoms with E-state index in [-0.39, 0.29) is 36.1 Å². The van der Waals surface area contributed by atoms with Crippen LogP contribution < -0.4 is 10.2 Å². The van der Waals surface area contributed by atoms with Crippen molar-refractivity contribution in [2.45, 2.75) is 38.6 Å². The molecular formula is C22H22FN3O3. The Morgan fingerprint density at radius 3 is 2.79 bits per heavy atom. The van der Waals surface area contributed by atoms with Crippen LogP contribution in [0.25, 0.3) is 0 Å². The van der Waals surface area contributed by atoms with E-state index >= 15 is 0 Å². The van der Waals surface area contributed by atoms with Crippen LogP contribution in [-0.2, 0) is 9.59 Å². The van der Waals surface area contributed by atoms with Gasteiger partial charge in [-0.05, 0) is 50.1 Å². The molecule has 0 unspecified atom stereocenters. The topological polar surface area (TPSA) is 79.4 Å². The predicted molar refractivity (Wildman–Crippen MR) is 105 cm³/mol. The van der Waals surface area contributed by atoms with Crippen molar-refractivity contribution < 1.29 is 18.8 Å². The first-order valence-electron chi connectivity index (χ1n) is 9.70. The maximum atomic E-state index is 13.6. The molecule has 6 nitrogen and oxygen atoms in total. The summed E-state index contributed by atoms with van der Waals surface area (Å²) in [5, 5.41) is 2.88. The second kappa shape index (κ2) is 7.39. The molecule has 0 radical (unpaired) electrons. The van der Waals surface area contributed by atoms with Crippen molar-refractivity contribution in [3.05, 3.63) is 59.7 Å². The third-order valence-corrected chi connectivity index (χ3v) is 5.74. The fourth-order valence-electron chi connectivity index (χ4n) is 4.44. The van der Waals surface area contributed by atoms with Crippen molar-refractivity contribution in [2.24, 2.45) is 5.41 Å². The van der Waals surface area contributed by atoms with E-state index in [1.807, 2.05) is 0 Å². The minimum Gasteiger partial charge on any atom is -0.347 e. The average molecular weight is 395 g/mol. The SMILES string of the molecule is Cc1cccc(C(=O)N[C@@H]2CC(=O)C[C@@]3(CCN(c4cccc(F)c4)C3=O)C2)n1. The standard InChI is InChI=1S/C22H22FN3O3/c1-14-4-2-7-19(24-14)20(28)25-16-11-18(27)13-22(12-16)8-9-26(21(22)29)17-6-3-5-15(23)10-17/h2-7,10,16H,8-9,11-13H2,1H3,(H,25,28)/t16-,22-/m1/s1. The van der Waals surface area contributed by atoms with Gasteiger partial charge >= 0.3 is 0 Å². The molecule has 1 N–H and O–H groups in total. The van der Waals surface area contributed by atoms with E-state index < -0.39 is 17.3 Å². The summed E-state index contributed by atoms with van der Waals surface area (Å²) in [6.45, 7) is 2.23. The monoisotopic (exact) mass is 395 g/mol. The molecule has 1 spiro atoms. The first-order valence-corrected chi connectivity index (χ1v) is 9.70. The number of pyridine rings is 1. The molecule has 0 bridgehead atoms. The Kier molecular flexibility index (Phi) is 4.90. The molecular weight excluding hydrogens is 373 g/mol. The van der Waals surface area contributed by atoms with Crippen LogP contribution >= 0.6 is 0 Å². The molecule has 2 amide bonds. The van der Waals surface area contributed by atoms with Crippen LogP contribution in [0.2, 0.25) is 0 Å². The van der Waals surface area contributed by atoms with Crippen LogP contribution in [0.4, 0.5) is 10.1 Å². The highest BCUT2D eigenvalue weighted by molar-refractivity contribution is 6.03. The Bertz CT molecular complexity index is 993. The number of anilines is 1. The maximum absolute atomic E-state index is 13.6. The number of rotatable bonds is 3. The second-order valence-corrected chi connectivity index (χ2v) is 7.93. The van der Waals surface area contributed by atoms with Gasteiger partial charge in [0.1, 0.15) is 17.3 Å². The third-order valence-electron chi connectivity index (χ3n) is 5.74. The summed E-state index contributed by atoms with van der Waals surface area (Å²) < 4.78 is 13.6. The molecule has 2 fully saturated rings. The van der Waals surface area contributed by atoms with Crippen molar-refractivity contribution in [3.8, 4) is 0 Å². The lowest BCUT2D eigenvalue weighted by Crippen LogP contribution is -2.48. The number of nitrogens with zero attached hydrogens (tertiary/aromatic N) is 2. The molecule has 1 aromatic carbocycles. The van der Waals surface area contributed by atoms with Crippen molar-refractivity contribution in [1.82, 2.24) is 10.3 Å². The Hall–Kier alpha value is -3.09. The fraction of sp³-hybridized carbons (Fsp3) is 0.364. The minimum absolute atomic E-state index is 0.0480. The van der Waals surface area contributed by atoms with Gasteiger partial charge in [0.05, 0.1) is 5.41 Å². The number of halogens is 1. The van der Waals surface area contributed by atoms with E-state index in [0.29, 0.717) is 25.1 Å².